The number of hydrogen-bond donors (Lipinski definition) is 3. The minimum atomic E-state index is -0.166. The summed E-state index contributed by atoms with van der Waals surface area (Å²) >= 11 is 1.34. The van der Waals surface area contributed by atoms with Gasteiger partial charge in [-0.15, -0.1) is 11.3 Å². The van der Waals surface area contributed by atoms with Gasteiger partial charge in [-0.05, 0) is 51.0 Å². The molecule has 1 saturated heterocycles. The number of nitrogens with zero attached hydrogens (tertiary/aromatic N) is 2. The average molecular weight is 452 g/mol. The molecule has 3 aromatic rings. The van der Waals surface area contributed by atoms with Gasteiger partial charge in [-0.2, -0.15) is 0 Å². The van der Waals surface area contributed by atoms with E-state index in [2.05, 4.69) is 52.6 Å². The van der Waals surface area contributed by atoms with Gasteiger partial charge in [0, 0.05) is 48.0 Å². The Balaban J connectivity index is 1.30. The topological polar surface area (TPSA) is 92.5 Å². The van der Waals surface area contributed by atoms with Crippen molar-refractivity contribution < 1.29 is 9.53 Å². The van der Waals surface area contributed by atoms with Gasteiger partial charge in [0.05, 0.1) is 11.7 Å². The third-order valence-corrected chi connectivity index (χ3v) is 7.71. The third kappa shape index (κ3) is 3.78. The molecule has 3 atom stereocenters. The molecular weight excluding hydrogens is 422 g/mol. The number of aromatic nitrogens is 1. The molecule has 8 heteroatoms. The molecule has 5 rings (SSSR count). The molecule has 0 saturated carbocycles. The number of aryl methyl sites for hydroxylation is 1. The number of fused-ring (bicyclic) bond motifs is 2. The molecule has 1 amide bonds. The highest BCUT2D eigenvalue weighted by molar-refractivity contribution is 7.21. The smallest absolute Gasteiger partial charge is 0.263 e. The van der Waals surface area contributed by atoms with Gasteiger partial charge in [0.2, 0.25) is 0 Å². The first-order valence-corrected chi connectivity index (χ1v) is 11.9. The Morgan fingerprint density at radius 3 is 3.00 bits per heavy atom. The summed E-state index contributed by atoms with van der Waals surface area (Å²) in [4.78, 5) is 21.2. The van der Waals surface area contributed by atoms with Gasteiger partial charge < -0.3 is 26.0 Å². The lowest BCUT2D eigenvalue weighted by Gasteiger charge is -2.40. The number of nitrogens with one attached hydrogen (secondary N) is 2. The Labute approximate surface area is 192 Å². The number of benzene rings is 1. The van der Waals surface area contributed by atoms with Crippen LogP contribution in [0.3, 0.4) is 0 Å². The van der Waals surface area contributed by atoms with Crippen molar-refractivity contribution in [3.63, 3.8) is 0 Å². The lowest BCUT2D eigenvalue weighted by atomic mass is 10.0. The fraction of sp³-hybridized carbons (Fsp3) is 0.417. The molecule has 168 valence electrons. The number of nitrogen functional groups attached to an aromatic ring is 1. The molecule has 4 N–H and O–H groups in total. The maximum absolute atomic E-state index is 13.0. The van der Waals surface area contributed by atoms with E-state index in [9.17, 15) is 4.79 Å². The summed E-state index contributed by atoms with van der Waals surface area (Å²) in [6.07, 6.45) is 0.733. The number of amides is 1. The molecule has 0 spiro atoms. The second-order valence-corrected chi connectivity index (χ2v) is 9.80. The molecular formula is C24H29N5O2S. The van der Waals surface area contributed by atoms with Crippen molar-refractivity contribution in [1.82, 2.24) is 15.6 Å². The van der Waals surface area contributed by atoms with Crippen LogP contribution in [0.15, 0.2) is 30.3 Å². The van der Waals surface area contributed by atoms with E-state index >= 15 is 0 Å². The van der Waals surface area contributed by atoms with Crippen molar-refractivity contribution in [3.8, 4) is 5.75 Å². The predicted octanol–water partition coefficient (Wildman–Crippen LogP) is 3.11. The largest absolute Gasteiger partial charge is 0.491 e. The maximum Gasteiger partial charge on any atom is 0.263 e. The highest BCUT2D eigenvalue weighted by atomic mass is 32.1. The van der Waals surface area contributed by atoms with Crippen molar-refractivity contribution in [3.05, 3.63) is 46.5 Å². The summed E-state index contributed by atoms with van der Waals surface area (Å²) in [5.74, 6) is 0.743. The van der Waals surface area contributed by atoms with Crippen LogP contribution in [0.5, 0.6) is 5.75 Å². The number of pyridine rings is 1. The number of piperazine rings is 1. The van der Waals surface area contributed by atoms with Crippen LogP contribution in [-0.2, 0) is 6.42 Å². The van der Waals surface area contributed by atoms with Crippen molar-refractivity contribution in [1.29, 1.82) is 0 Å². The van der Waals surface area contributed by atoms with E-state index < -0.39 is 0 Å². The van der Waals surface area contributed by atoms with Crippen LogP contribution >= 0.6 is 11.3 Å². The first-order valence-electron chi connectivity index (χ1n) is 11.1. The first kappa shape index (κ1) is 21.0. The van der Waals surface area contributed by atoms with E-state index in [0.717, 1.165) is 46.7 Å². The summed E-state index contributed by atoms with van der Waals surface area (Å²) < 4.78 is 6.07. The number of carbonyl (C=O) groups is 1. The monoisotopic (exact) mass is 451 g/mol. The molecule has 2 aliphatic heterocycles. The summed E-state index contributed by atoms with van der Waals surface area (Å²) in [5.41, 5.74) is 9.96. The first-order chi connectivity index (χ1) is 15.4. The quantitative estimate of drug-likeness (QED) is 0.567. The highest BCUT2D eigenvalue weighted by Crippen LogP contribution is 2.34. The molecule has 0 unspecified atom stereocenters. The second kappa shape index (κ2) is 8.26. The van der Waals surface area contributed by atoms with Gasteiger partial charge in [0.1, 0.15) is 22.1 Å². The normalized spacial score (nSPS) is 23.0. The molecule has 2 aliphatic rings. The van der Waals surface area contributed by atoms with Gasteiger partial charge in [0.25, 0.3) is 5.91 Å². The van der Waals surface area contributed by atoms with Gasteiger partial charge >= 0.3 is 0 Å². The number of carbonyl (C=O) groups excluding carboxylic acids is 1. The van der Waals surface area contributed by atoms with Gasteiger partial charge in [-0.3, -0.25) is 4.79 Å². The number of anilines is 2. The Bertz CT molecular complexity index is 1180. The zero-order chi connectivity index (χ0) is 22.4. The van der Waals surface area contributed by atoms with E-state index in [1.54, 1.807) is 0 Å². The summed E-state index contributed by atoms with van der Waals surface area (Å²) in [5, 5.41) is 7.46. The van der Waals surface area contributed by atoms with Gasteiger partial charge in [-0.1, -0.05) is 6.07 Å². The highest BCUT2D eigenvalue weighted by Gasteiger charge is 2.28. The molecule has 0 radical (unpaired) electrons. The van der Waals surface area contributed by atoms with E-state index in [1.807, 2.05) is 19.1 Å². The minimum Gasteiger partial charge on any atom is -0.491 e. The standard InChI is InChI=1S/C24H29N5O2S/c1-13-4-7-19-21(25)22(32-24(19)27-13)23(30)28-17-10-16-5-6-18(11-20(16)31-12-17)29-9-8-26-14(2)15(29)3/h4-7,11,14-15,17,26H,8-10,12,25H2,1-3H3,(H,28,30)/t14-,15+,17-/m0/s1. The molecule has 1 aromatic carbocycles. The predicted molar refractivity (Wildman–Crippen MR) is 130 cm³/mol. The molecule has 0 aliphatic carbocycles. The summed E-state index contributed by atoms with van der Waals surface area (Å²) in [7, 11) is 0. The van der Waals surface area contributed by atoms with Crippen LogP contribution in [0.25, 0.3) is 10.2 Å². The SMILES string of the molecule is Cc1ccc2c(N)c(C(=O)N[C@@H]3COc4cc(N5CCN[C@@H](C)[C@H]5C)ccc4C3)sc2n1. The number of hydrogen-bond acceptors (Lipinski definition) is 7. The molecule has 2 aromatic heterocycles. The Hall–Kier alpha value is -2.84. The fourth-order valence-electron chi connectivity index (χ4n) is 4.56. The number of thiophene rings is 1. The summed E-state index contributed by atoms with van der Waals surface area (Å²) in [6.45, 7) is 8.80. The van der Waals surface area contributed by atoms with E-state index in [0.29, 0.717) is 29.3 Å². The summed E-state index contributed by atoms with van der Waals surface area (Å²) in [6, 6.07) is 11.0. The van der Waals surface area contributed by atoms with E-state index in [4.69, 9.17) is 10.5 Å². The zero-order valence-corrected chi connectivity index (χ0v) is 19.5. The number of rotatable bonds is 3. The fourth-order valence-corrected chi connectivity index (χ4v) is 5.61. The van der Waals surface area contributed by atoms with Crippen molar-refractivity contribution in [2.75, 3.05) is 30.3 Å². The minimum absolute atomic E-state index is 0.0988. The van der Waals surface area contributed by atoms with E-state index in [1.165, 1.54) is 17.0 Å². The van der Waals surface area contributed by atoms with Crippen molar-refractivity contribution >= 4 is 38.8 Å². The van der Waals surface area contributed by atoms with Crippen LogP contribution in [-0.4, -0.2) is 48.7 Å². The maximum atomic E-state index is 13.0. The van der Waals surface area contributed by atoms with Crippen LogP contribution in [0.2, 0.25) is 0 Å². The second-order valence-electron chi connectivity index (χ2n) is 8.80. The lowest BCUT2D eigenvalue weighted by Crippen LogP contribution is -2.55. The van der Waals surface area contributed by atoms with Crippen LogP contribution in [0.1, 0.15) is 34.8 Å². The van der Waals surface area contributed by atoms with Crippen LogP contribution < -0.4 is 26.0 Å². The van der Waals surface area contributed by atoms with Crippen LogP contribution in [0.4, 0.5) is 11.4 Å². The Morgan fingerprint density at radius 1 is 1.31 bits per heavy atom. The molecule has 32 heavy (non-hydrogen) atoms. The average Bonchev–Trinajstić information content (AvgIpc) is 3.11. The Morgan fingerprint density at radius 2 is 2.16 bits per heavy atom. The van der Waals surface area contributed by atoms with Gasteiger partial charge in [-0.25, -0.2) is 4.98 Å². The molecule has 4 heterocycles. The molecule has 7 nitrogen and oxygen atoms in total. The molecule has 0 bridgehead atoms. The number of nitrogens with two attached hydrogens (primary N) is 1. The number of ether oxygens (including phenoxy) is 1. The third-order valence-electron chi connectivity index (χ3n) is 6.60. The van der Waals surface area contributed by atoms with Crippen molar-refractivity contribution in [2.24, 2.45) is 0 Å². The molecule has 1 fully saturated rings. The lowest BCUT2D eigenvalue weighted by molar-refractivity contribution is 0.0920. The van der Waals surface area contributed by atoms with Crippen molar-refractivity contribution in [2.45, 2.75) is 45.3 Å². The zero-order valence-electron chi connectivity index (χ0n) is 18.6. The Kier molecular flexibility index (Phi) is 5.43. The van der Waals surface area contributed by atoms with Crippen LogP contribution in [0, 0.1) is 6.92 Å². The van der Waals surface area contributed by atoms with E-state index in [-0.39, 0.29) is 11.9 Å². The van der Waals surface area contributed by atoms with Gasteiger partial charge in [0.15, 0.2) is 0 Å².